The lowest BCUT2D eigenvalue weighted by atomic mass is 9.57. The van der Waals surface area contributed by atoms with Crippen molar-refractivity contribution in [2.75, 3.05) is 39.2 Å². The number of likely N-dealkylation sites (tertiary alicyclic amines) is 1. The number of aromatic nitrogens is 1. The number of nitrogens with zero attached hydrogens (tertiary/aromatic N) is 1. The van der Waals surface area contributed by atoms with E-state index in [0.29, 0.717) is 11.5 Å². The van der Waals surface area contributed by atoms with Crippen molar-refractivity contribution in [1.29, 1.82) is 0 Å². The first-order chi connectivity index (χ1) is 16.9. The Balaban J connectivity index is 1.27. The number of fused-ring (bicyclic) bond motifs is 1. The van der Waals surface area contributed by atoms with Crippen LogP contribution in [0.15, 0.2) is 36.4 Å². The minimum Gasteiger partial charge on any atom is -0.493 e. The SMILES string of the molecule is CCc1c(-c2ccc(OC)c(OC)c2)[nH]c2ccc(NCC3CC4(CCN(C(C)C)CC4)C3)cc12. The standard InChI is InChI=1S/C30H41N3O2/c1-6-24-25-16-23(31-19-21-17-30(18-21)11-13-33(14-12-30)20(2)3)8-9-26(25)32-29(24)22-7-10-27(34-4)28(15-22)35-5/h7-10,15-16,20-21,31-32H,6,11-14,17-19H2,1-5H3. The van der Waals surface area contributed by atoms with Gasteiger partial charge >= 0.3 is 0 Å². The third-order valence-electron chi connectivity index (χ3n) is 8.56. The van der Waals surface area contributed by atoms with Gasteiger partial charge in [0.25, 0.3) is 0 Å². The number of aryl methyl sites for hydroxylation is 1. The van der Waals surface area contributed by atoms with Crippen LogP contribution in [0.3, 0.4) is 0 Å². The molecule has 0 atom stereocenters. The van der Waals surface area contributed by atoms with Crippen LogP contribution < -0.4 is 14.8 Å². The summed E-state index contributed by atoms with van der Waals surface area (Å²) in [7, 11) is 3.36. The van der Waals surface area contributed by atoms with E-state index in [1.54, 1.807) is 14.2 Å². The smallest absolute Gasteiger partial charge is 0.161 e. The highest BCUT2D eigenvalue weighted by atomic mass is 16.5. The molecule has 0 amide bonds. The van der Waals surface area contributed by atoms with E-state index in [0.717, 1.165) is 41.6 Å². The van der Waals surface area contributed by atoms with E-state index >= 15 is 0 Å². The Bertz CT molecular complexity index is 1170. The molecule has 0 bridgehead atoms. The second-order valence-corrected chi connectivity index (χ2v) is 10.9. The second kappa shape index (κ2) is 9.77. The van der Waals surface area contributed by atoms with E-state index in [9.17, 15) is 0 Å². The average Bonchev–Trinajstić information content (AvgIpc) is 3.23. The topological polar surface area (TPSA) is 49.5 Å². The van der Waals surface area contributed by atoms with E-state index in [-0.39, 0.29) is 0 Å². The summed E-state index contributed by atoms with van der Waals surface area (Å²) in [6, 6.07) is 13.6. The Morgan fingerprint density at radius 1 is 1.03 bits per heavy atom. The van der Waals surface area contributed by atoms with Crippen molar-refractivity contribution in [3.63, 3.8) is 0 Å². The quantitative estimate of drug-likeness (QED) is 0.379. The molecule has 1 spiro atoms. The number of hydrogen-bond acceptors (Lipinski definition) is 4. The van der Waals surface area contributed by atoms with E-state index in [1.807, 2.05) is 6.07 Å². The lowest BCUT2D eigenvalue weighted by Gasteiger charge is -2.53. The van der Waals surface area contributed by atoms with E-state index in [2.05, 4.69) is 66.3 Å². The molecular weight excluding hydrogens is 434 g/mol. The molecule has 2 fully saturated rings. The van der Waals surface area contributed by atoms with Crippen molar-refractivity contribution in [2.45, 2.75) is 58.9 Å². The predicted molar refractivity (Wildman–Crippen MR) is 146 cm³/mol. The number of piperidine rings is 1. The lowest BCUT2D eigenvalue weighted by molar-refractivity contribution is -0.0156. The molecule has 5 heteroatoms. The summed E-state index contributed by atoms with van der Waals surface area (Å²) in [5.74, 6) is 2.30. The van der Waals surface area contributed by atoms with Gasteiger partial charge in [0.2, 0.25) is 0 Å². The van der Waals surface area contributed by atoms with Gasteiger partial charge in [0.1, 0.15) is 0 Å². The van der Waals surface area contributed by atoms with Gasteiger partial charge in [-0.1, -0.05) is 6.92 Å². The largest absolute Gasteiger partial charge is 0.493 e. The van der Waals surface area contributed by atoms with Crippen molar-refractivity contribution < 1.29 is 9.47 Å². The number of methoxy groups -OCH3 is 2. The van der Waals surface area contributed by atoms with Crippen LogP contribution in [0.1, 0.15) is 52.0 Å². The van der Waals surface area contributed by atoms with Gasteiger partial charge in [0, 0.05) is 40.4 Å². The second-order valence-electron chi connectivity index (χ2n) is 10.9. The molecule has 0 radical (unpaired) electrons. The molecule has 1 aliphatic heterocycles. The minimum absolute atomic E-state index is 0.631. The highest BCUT2D eigenvalue weighted by Crippen LogP contribution is 2.52. The maximum atomic E-state index is 5.54. The molecule has 5 nitrogen and oxygen atoms in total. The third kappa shape index (κ3) is 4.63. The highest BCUT2D eigenvalue weighted by Gasteiger charge is 2.45. The number of H-pyrrole nitrogens is 1. The van der Waals surface area contributed by atoms with Crippen LogP contribution in [0.4, 0.5) is 5.69 Å². The van der Waals surface area contributed by atoms with Crippen LogP contribution in [-0.4, -0.2) is 49.8 Å². The Hall–Kier alpha value is -2.66. The van der Waals surface area contributed by atoms with Crippen LogP contribution >= 0.6 is 0 Å². The molecule has 2 aliphatic rings. The van der Waals surface area contributed by atoms with Crippen LogP contribution in [0.2, 0.25) is 0 Å². The molecule has 1 saturated heterocycles. The van der Waals surface area contributed by atoms with Gasteiger partial charge in [-0.2, -0.15) is 0 Å². The van der Waals surface area contributed by atoms with Crippen molar-refractivity contribution >= 4 is 16.6 Å². The zero-order valence-corrected chi connectivity index (χ0v) is 22.0. The number of rotatable bonds is 8. The molecule has 5 rings (SSSR count). The van der Waals surface area contributed by atoms with Crippen molar-refractivity contribution in [3.8, 4) is 22.8 Å². The van der Waals surface area contributed by atoms with Crippen LogP contribution in [0.25, 0.3) is 22.2 Å². The zero-order chi connectivity index (χ0) is 24.6. The summed E-state index contributed by atoms with van der Waals surface area (Å²) in [5, 5.41) is 5.06. The predicted octanol–water partition coefficient (Wildman–Crippen LogP) is 6.73. The first-order valence-electron chi connectivity index (χ1n) is 13.3. The van der Waals surface area contributed by atoms with Gasteiger partial charge < -0.3 is 24.7 Å². The van der Waals surface area contributed by atoms with Gasteiger partial charge in [-0.3, -0.25) is 0 Å². The molecule has 2 N–H and O–H groups in total. The summed E-state index contributed by atoms with van der Waals surface area (Å²) in [6.45, 7) is 10.5. The molecule has 1 saturated carbocycles. The minimum atomic E-state index is 0.631. The Kier molecular flexibility index (Phi) is 6.71. The van der Waals surface area contributed by atoms with E-state index in [1.165, 1.54) is 60.9 Å². The van der Waals surface area contributed by atoms with Crippen molar-refractivity contribution in [1.82, 2.24) is 9.88 Å². The van der Waals surface area contributed by atoms with Gasteiger partial charge in [-0.15, -0.1) is 0 Å². The maximum Gasteiger partial charge on any atom is 0.161 e. The molecule has 1 aromatic heterocycles. The molecule has 2 aromatic carbocycles. The summed E-state index contributed by atoms with van der Waals surface area (Å²) in [6.07, 6.45) is 6.52. The Morgan fingerprint density at radius 3 is 2.43 bits per heavy atom. The molecule has 188 valence electrons. The fourth-order valence-electron chi connectivity index (χ4n) is 6.46. The molecule has 2 heterocycles. The molecular formula is C30H41N3O2. The summed E-state index contributed by atoms with van der Waals surface area (Å²) in [5.41, 5.74) is 6.65. The van der Waals surface area contributed by atoms with Gasteiger partial charge in [0.15, 0.2) is 11.5 Å². The van der Waals surface area contributed by atoms with E-state index in [4.69, 9.17) is 9.47 Å². The number of nitrogens with one attached hydrogen (secondary N) is 2. The molecule has 35 heavy (non-hydrogen) atoms. The number of ether oxygens (including phenoxy) is 2. The van der Waals surface area contributed by atoms with Crippen LogP contribution in [0, 0.1) is 11.3 Å². The first kappa shape index (κ1) is 24.1. The lowest BCUT2D eigenvalue weighted by Crippen LogP contribution is -2.49. The Morgan fingerprint density at radius 2 is 1.77 bits per heavy atom. The number of aromatic amines is 1. The monoisotopic (exact) mass is 475 g/mol. The van der Waals surface area contributed by atoms with Crippen LogP contribution in [-0.2, 0) is 6.42 Å². The van der Waals surface area contributed by atoms with Crippen molar-refractivity contribution in [2.24, 2.45) is 11.3 Å². The maximum absolute atomic E-state index is 5.54. The van der Waals surface area contributed by atoms with Gasteiger partial charge in [-0.25, -0.2) is 0 Å². The molecule has 0 unspecified atom stereocenters. The highest BCUT2D eigenvalue weighted by molar-refractivity contribution is 5.93. The van der Waals surface area contributed by atoms with E-state index < -0.39 is 0 Å². The normalized spacial score (nSPS) is 18.2. The number of anilines is 1. The molecule has 1 aliphatic carbocycles. The summed E-state index contributed by atoms with van der Waals surface area (Å²) < 4.78 is 11.0. The Labute approximate surface area is 210 Å². The summed E-state index contributed by atoms with van der Waals surface area (Å²) >= 11 is 0. The van der Waals surface area contributed by atoms with Gasteiger partial charge in [-0.05, 0) is 112 Å². The third-order valence-corrected chi connectivity index (χ3v) is 8.56. The number of benzene rings is 2. The average molecular weight is 476 g/mol. The molecule has 3 aromatic rings. The summed E-state index contributed by atoms with van der Waals surface area (Å²) in [4.78, 5) is 6.30. The van der Waals surface area contributed by atoms with Crippen molar-refractivity contribution in [3.05, 3.63) is 42.0 Å². The first-order valence-corrected chi connectivity index (χ1v) is 13.3. The van der Waals surface area contributed by atoms with Crippen LogP contribution in [0.5, 0.6) is 11.5 Å². The number of hydrogen-bond donors (Lipinski definition) is 2. The fraction of sp³-hybridized carbons (Fsp3) is 0.533. The fourth-order valence-corrected chi connectivity index (χ4v) is 6.46. The zero-order valence-electron chi connectivity index (χ0n) is 22.0. The van der Waals surface area contributed by atoms with Gasteiger partial charge in [0.05, 0.1) is 14.2 Å².